The van der Waals surface area contributed by atoms with E-state index in [2.05, 4.69) is 15.2 Å². The first kappa shape index (κ1) is 15.7. The standard InChI is InChI=1S/C18H18N4O3/c1-11-14(9-13-5-3-4-6-15(13)19-11)18(23)22-7-8-24-16(10-22)17-21-20-12(2)25-17/h3-6,9,16H,7-8,10H2,1-2H3. The topological polar surface area (TPSA) is 81.4 Å². The van der Waals surface area contributed by atoms with Crippen molar-refractivity contribution < 1.29 is 13.9 Å². The van der Waals surface area contributed by atoms with Gasteiger partial charge in [-0.1, -0.05) is 18.2 Å². The number of para-hydroxylation sites is 1. The van der Waals surface area contributed by atoms with Crippen LogP contribution in [0.3, 0.4) is 0 Å². The Bertz CT molecular complexity index is 937. The number of pyridine rings is 1. The summed E-state index contributed by atoms with van der Waals surface area (Å²) < 4.78 is 11.1. The fraction of sp³-hybridized carbons (Fsp3) is 0.333. The zero-order valence-electron chi connectivity index (χ0n) is 14.1. The molecule has 1 aliphatic heterocycles. The van der Waals surface area contributed by atoms with Crippen LogP contribution in [-0.4, -0.2) is 45.7 Å². The predicted molar refractivity (Wildman–Crippen MR) is 90.1 cm³/mol. The lowest BCUT2D eigenvalue weighted by molar-refractivity contribution is -0.0349. The van der Waals surface area contributed by atoms with Crippen LogP contribution >= 0.6 is 0 Å². The molecule has 7 nitrogen and oxygen atoms in total. The highest BCUT2D eigenvalue weighted by Gasteiger charge is 2.30. The first-order valence-electron chi connectivity index (χ1n) is 8.19. The van der Waals surface area contributed by atoms with Gasteiger partial charge in [-0.05, 0) is 19.1 Å². The third-order valence-electron chi connectivity index (χ3n) is 4.32. The summed E-state index contributed by atoms with van der Waals surface area (Å²) in [7, 11) is 0. The second-order valence-corrected chi connectivity index (χ2v) is 6.08. The van der Waals surface area contributed by atoms with Gasteiger partial charge in [0.25, 0.3) is 5.91 Å². The molecule has 0 spiro atoms. The van der Waals surface area contributed by atoms with E-state index in [0.717, 1.165) is 16.6 Å². The molecule has 1 amide bonds. The molecule has 3 aromatic rings. The Morgan fingerprint density at radius 1 is 1.24 bits per heavy atom. The van der Waals surface area contributed by atoms with Gasteiger partial charge in [-0.3, -0.25) is 9.78 Å². The maximum atomic E-state index is 13.0. The Hall–Kier alpha value is -2.80. The number of rotatable bonds is 2. The lowest BCUT2D eigenvalue weighted by Crippen LogP contribution is -2.42. The highest BCUT2D eigenvalue weighted by atomic mass is 16.5. The van der Waals surface area contributed by atoms with E-state index in [1.54, 1.807) is 11.8 Å². The summed E-state index contributed by atoms with van der Waals surface area (Å²) >= 11 is 0. The van der Waals surface area contributed by atoms with Gasteiger partial charge in [-0.2, -0.15) is 0 Å². The molecule has 0 bridgehead atoms. The molecule has 1 atom stereocenters. The second kappa shape index (κ2) is 6.25. The molecule has 1 fully saturated rings. The smallest absolute Gasteiger partial charge is 0.255 e. The number of benzene rings is 1. The highest BCUT2D eigenvalue weighted by Crippen LogP contribution is 2.24. The normalized spacial score (nSPS) is 17.8. The van der Waals surface area contributed by atoms with Crippen molar-refractivity contribution in [1.82, 2.24) is 20.1 Å². The van der Waals surface area contributed by atoms with Crippen LogP contribution in [-0.2, 0) is 4.74 Å². The minimum absolute atomic E-state index is 0.0553. The summed E-state index contributed by atoms with van der Waals surface area (Å²) in [6.45, 7) is 4.92. The SMILES string of the molecule is Cc1nnc(C2CN(C(=O)c3cc4ccccc4nc3C)CCO2)o1. The van der Waals surface area contributed by atoms with Crippen molar-refractivity contribution in [3.63, 3.8) is 0 Å². The zero-order chi connectivity index (χ0) is 17.4. The Kier molecular flexibility index (Phi) is 3.93. The molecule has 2 aromatic heterocycles. The Balaban J connectivity index is 1.61. The van der Waals surface area contributed by atoms with E-state index in [1.165, 1.54) is 0 Å². The molecule has 0 aliphatic carbocycles. The molecule has 1 unspecified atom stereocenters. The Labute approximate surface area is 144 Å². The van der Waals surface area contributed by atoms with Crippen molar-refractivity contribution in [3.05, 3.63) is 53.4 Å². The number of carbonyl (C=O) groups excluding carboxylic acids is 1. The molecule has 0 saturated carbocycles. The molecule has 0 radical (unpaired) electrons. The molecule has 3 heterocycles. The van der Waals surface area contributed by atoms with Gasteiger partial charge >= 0.3 is 0 Å². The Morgan fingerprint density at radius 3 is 2.88 bits per heavy atom. The second-order valence-electron chi connectivity index (χ2n) is 6.08. The van der Waals surface area contributed by atoms with Gasteiger partial charge in [0.1, 0.15) is 0 Å². The van der Waals surface area contributed by atoms with E-state index in [4.69, 9.17) is 9.15 Å². The van der Waals surface area contributed by atoms with Gasteiger partial charge < -0.3 is 14.1 Å². The van der Waals surface area contributed by atoms with Crippen LogP contribution in [0.1, 0.15) is 33.9 Å². The molecular formula is C18H18N4O3. The number of amides is 1. The van der Waals surface area contributed by atoms with Crippen molar-refractivity contribution in [2.24, 2.45) is 0 Å². The highest BCUT2D eigenvalue weighted by molar-refractivity contribution is 5.98. The third-order valence-corrected chi connectivity index (χ3v) is 4.32. The van der Waals surface area contributed by atoms with E-state index >= 15 is 0 Å². The number of ether oxygens (including phenoxy) is 1. The average Bonchev–Trinajstić information content (AvgIpc) is 3.07. The molecule has 25 heavy (non-hydrogen) atoms. The van der Waals surface area contributed by atoms with Crippen LogP contribution in [0.15, 0.2) is 34.7 Å². The summed E-state index contributed by atoms with van der Waals surface area (Å²) in [5.41, 5.74) is 2.22. The van der Waals surface area contributed by atoms with E-state index in [1.807, 2.05) is 37.3 Å². The number of hydrogen-bond donors (Lipinski definition) is 0. The van der Waals surface area contributed by atoms with Gasteiger partial charge in [-0.15, -0.1) is 10.2 Å². The zero-order valence-corrected chi connectivity index (χ0v) is 14.1. The number of hydrogen-bond acceptors (Lipinski definition) is 6. The minimum atomic E-state index is -0.396. The minimum Gasteiger partial charge on any atom is -0.423 e. The predicted octanol–water partition coefficient (Wildman–Crippen LogP) is 2.45. The van der Waals surface area contributed by atoms with Crippen molar-refractivity contribution in [1.29, 1.82) is 0 Å². The van der Waals surface area contributed by atoms with Crippen molar-refractivity contribution in [2.45, 2.75) is 20.0 Å². The summed E-state index contributed by atoms with van der Waals surface area (Å²) in [5, 5.41) is 8.78. The van der Waals surface area contributed by atoms with Gasteiger partial charge in [0.05, 0.1) is 29.9 Å². The quantitative estimate of drug-likeness (QED) is 0.714. The maximum Gasteiger partial charge on any atom is 0.255 e. The van der Waals surface area contributed by atoms with Crippen molar-refractivity contribution in [2.75, 3.05) is 19.7 Å². The van der Waals surface area contributed by atoms with E-state index in [0.29, 0.717) is 37.0 Å². The average molecular weight is 338 g/mol. The first-order chi connectivity index (χ1) is 12.1. The summed E-state index contributed by atoms with van der Waals surface area (Å²) in [4.78, 5) is 19.3. The van der Waals surface area contributed by atoms with E-state index in [9.17, 15) is 4.79 Å². The van der Waals surface area contributed by atoms with Crippen LogP contribution < -0.4 is 0 Å². The maximum absolute atomic E-state index is 13.0. The monoisotopic (exact) mass is 338 g/mol. The van der Waals surface area contributed by atoms with Crippen LogP contribution in [0, 0.1) is 13.8 Å². The van der Waals surface area contributed by atoms with E-state index in [-0.39, 0.29) is 5.91 Å². The molecule has 1 saturated heterocycles. The summed E-state index contributed by atoms with van der Waals surface area (Å²) in [6, 6.07) is 9.69. The molecular weight excluding hydrogens is 320 g/mol. The summed E-state index contributed by atoms with van der Waals surface area (Å²) in [5.74, 6) is 0.834. The molecule has 4 rings (SSSR count). The fourth-order valence-corrected chi connectivity index (χ4v) is 3.02. The van der Waals surface area contributed by atoms with Gasteiger partial charge in [0, 0.05) is 18.9 Å². The lowest BCUT2D eigenvalue weighted by Gasteiger charge is -2.31. The summed E-state index contributed by atoms with van der Waals surface area (Å²) in [6.07, 6.45) is -0.396. The van der Waals surface area contributed by atoms with Gasteiger partial charge in [-0.25, -0.2) is 0 Å². The van der Waals surface area contributed by atoms with Gasteiger partial charge in [0.2, 0.25) is 11.8 Å². The number of nitrogens with zero attached hydrogens (tertiary/aromatic N) is 4. The van der Waals surface area contributed by atoms with Gasteiger partial charge in [0.15, 0.2) is 6.10 Å². The molecule has 1 aromatic carbocycles. The number of aromatic nitrogens is 3. The van der Waals surface area contributed by atoms with Crippen LogP contribution in [0.5, 0.6) is 0 Å². The molecule has 7 heteroatoms. The van der Waals surface area contributed by atoms with Crippen molar-refractivity contribution in [3.8, 4) is 0 Å². The molecule has 1 aliphatic rings. The molecule has 128 valence electrons. The third kappa shape index (κ3) is 2.98. The number of aryl methyl sites for hydroxylation is 2. The molecule has 0 N–H and O–H groups in total. The fourth-order valence-electron chi connectivity index (χ4n) is 3.02. The lowest BCUT2D eigenvalue weighted by atomic mass is 10.1. The van der Waals surface area contributed by atoms with Crippen molar-refractivity contribution >= 4 is 16.8 Å². The number of morpholine rings is 1. The van der Waals surface area contributed by atoms with Crippen LogP contribution in [0.2, 0.25) is 0 Å². The Morgan fingerprint density at radius 2 is 2.08 bits per heavy atom. The first-order valence-corrected chi connectivity index (χ1v) is 8.19. The van der Waals surface area contributed by atoms with Crippen LogP contribution in [0.4, 0.5) is 0 Å². The van der Waals surface area contributed by atoms with Crippen LogP contribution in [0.25, 0.3) is 10.9 Å². The number of fused-ring (bicyclic) bond motifs is 1. The largest absolute Gasteiger partial charge is 0.423 e. The van der Waals surface area contributed by atoms with E-state index < -0.39 is 6.10 Å². The number of carbonyl (C=O) groups is 1.